The standard InChI is InChI=1S/C20H14BrN3OS/c21-16-8-6-15(7-9-16)19-11-10-17(25-19)12-22-24-20-23-18(13-26-20)14-4-2-1-3-5-14/h1-12H,13H2. The molecule has 1 aromatic heterocycles. The minimum atomic E-state index is 0.655. The van der Waals surface area contributed by atoms with Gasteiger partial charge in [-0.15, -0.1) is 5.10 Å². The van der Waals surface area contributed by atoms with Crippen LogP contribution in [0.5, 0.6) is 0 Å². The van der Waals surface area contributed by atoms with Gasteiger partial charge in [-0.05, 0) is 29.8 Å². The van der Waals surface area contributed by atoms with E-state index < -0.39 is 0 Å². The molecule has 0 saturated carbocycles. The van der Waals surface area contributed by atoms with Crippen LogP contribution in [0.4, 0.5) is 0 Å². The molecule has 0 amide bonds. The summed E-state index contributed by atoms with van der Waals surface area (Å²) in [6.45, 7) is 0. The molecule has 0 fully saturated rings. The second kappa shape index (κ2) is 7.85. The van der Waals surface area contributed by atoms with E-state index in [2.05, 4.69) is 43.3 Å². The molecular formula is C20H14BrN3OS. The monoisotopic (exact) mass is 423 g/mol. The summed E-state index contributed by atoms with van der Waals surface area (Å²) in [5, 5.41) is 8.96. The van der Waals surface area contributed by atoms with Crippen LogP contribution < -0.4 is 0 Å². The maximum absolute atomic E-state index is 5.79. The van der Waals surface area contributed by atoms with Crippen molar-refractivity contribution in [2.24, 2.45) is 15.2 Å². The predicted molar refractivity (Wildman–Crippen MR) is 112 cm³/mol. The zero-order chi connectivity index (χ0) is 17.8. The van der Waals surface area contributed by atoms with Crippen molar-refractivity contribution in [1.29, 1.82) is 0 Å². The molecule has 1 aliphatic heterocycles. The van der Waals surface area contributed by atoms with E-state index in [-0.39, 0.29) is 0 Å². The topological polar surface area (TPSA) is 50.2 Å². The number of amidine groups is 1. The van der Waals surface area contributed by atoms with Crippen LogP contribution >= 0.6 is 27.7 Å². The summed E-state index contributed by atoms with van der Waals surface area (Å²) in [4.78, 5) is 4.53. The molecule has 0 radical (unpaired) electrons. The van der Waals surface area contributed by atoms with E-state index in [9.17, 15) is 0 Å². The highest BCUT2D eigenvalue weighted by Gasteiger charge is 2.14. The molecule has 3 aromatic rings. The molecule has 4 rings (SSSR count). The van der Waals surface area contributed by atoms with Crippen molar-refractivity contribution in [2.75, 3.05) is 5.75 Å². The zero-order valence-electron chi connectivity index (χ0n) is 13.7. The number of hydrogen-bond donors (Lipinski definition) is 0. The molecule has 1 aliphatic rings. The van der Waals surface area contributed by atoms with E-state index in [0.717, 1.165) is 32.8 Å². The van der Waals surface area contributed by atoms with Gasteiger partial charge >= 0.3 is 0 Å². The number of aliphatic imine (C=N–C) groups is 1. The summed E-state index contributed by atoms with van der Waals surface area (Å²) >= 11 is 5.01. The Balaban J connectivity index is 1.45. The lowest BCUT2D eigenvalue weighted by molar-refractivity contribution is 0.575. The van der Waals surface area contributed by atoms with Gasteiger partial charge < -0.3 is 4.42 Å². The Morgan fingerprint density at radius 1 is 0.962 bits per heavy atom. The molecule has 6 heteroatoms. The predicted octanol–water partition coefficient (Wildman–Crippen LogP) is 5.64. The van der Waals surface area contributed by atoms with Crippen LogP contribution in [0.3, 0.4) is 0 Å². The first-order valence-corrected chi connectivity index (χ1v) is 9.78. The molecule has 4 nitrogen and oxygen atoms in total. The molecule has 26 heavy (non-hydrogen) atoms. The average Bonchev–Trinajstić information content (AvgIpc) is 3.33. The van der Waals surface area contributed by atoms with Crippen LogP contribution in [0.1, 0.15) is 11.3 Å². The van der Waals surface area contributed by atoms with Crippen LogP contribution in [0.15, 0.2) is 90.8 Å². The van der Waals surface area contributed by atoms with E-state index >= 15 is 0 Å². The normalized spacial score (nSPS) is 15.7. The first-order chi connectivity index (χ1) is 12.8. The fraction of sp³-hybridized carbons (Fsp3) is 0.0500. The molecule has 0 aliphatic carbocycles. The Morgan fingerprint density at radius 3 is 2.58 bits per heavy atom. The van der Waals surface area contributed by atoms with Crippen LogP contribution in [-0.4, -0.2) is 22.8 Å². The molecule has 0 unspecified atom stereocenters. The maximum Gasteiger partial charge on any atom is 0.209 e. The van der Waals surface area contributed by atoms with E-state index in [1.807, 2.05) is 54.6 Å². The highest BCUT2D eigenvalue weighted by molar-refractivity contribution is 9.10. The van der Waals surface area contributed by atoms with E-state index in [1.54, 1.807) is 18.0 Å². The summed E-state index contributed by atoms with van der Waals surface area (Å²) in [6, 6.07) is 21.9. The van der Waals surface area contributed by atoms with Crippen LogP contribution in [-0.2, 0) is 0 Å². The third kappa shape index (κ3) is 4.03. The highest BCUT2D eigenvalue weighted by Crippen LogP contribution is 2.23. The minimum absolute atomic E-state index is 0.655. The van der Waals surface area contributed by atoms with Gasteiger partial charge in [-0.3, -0.25) is 0 Å². The average molecular weight is 424 g/mol. The molecule has 0 spiro atoms. The number of benzene rings is 2. The van der Waals surface area contributed by atoms with Gasteiger partial charge in [0.1, 0.15) is 11.5 Å². The largest absolute Gasteiger partial charge is 0.455 e. The number of furan rings is 1. The Labute approximate surface area is 163 Å². The molecule has 2 heterocycles. The van der Waals surface area contributed by atoms with Crippen molar-refractivity contribution < 1.29 is 4.42 Å². The summed E-state index contributed by atoms with van der Waals surface area (Å²) in [6.07, 6.45) is 1.60. The van der Waals surface area contributed by atoms with Crippen molar-refractivity contribution in [3.05, 3.63) is 82.5 Å². The van der Waals surface area contributed by atoms with Gasteiger partial charge in [0.25, 0.3) is 0 Å². The van der Waals surface area contributed by atoms with Crippen molar-refractivity contribution in [2.45, 2.75) is 0 Å². The van der Waals surface area contributed by atoms with E-state index in [1.165, 1.54) is 0 Å². The van der Waals surface area contributed by atoms with Gasteiger partial charge in [-0.25, -0.2) is 4.99 Å². The van der Waals surface area contributed by atoms with E-state index in [0.29, 0.717) is 10.9 Å². The van der Waals surface area contributed by atoms with Crippen LogP contribution in [0.25, 0.3) is 11.3 Å². The van der Waals surface area contributed by atoms with Gasteiger partial charge in [0, 0.05) is 15.8 Å². The van der Waals surface area contributed by atoms with Gasteiger partial charge in [0.05, 0.1) is 11.9 Å². The summed E-state index contributed by atoms with van der Waals surface area (Å²) in [5.74, 6) is 2.26. The van der Waals surface area contributed by atoms with Crippen LogP contribution in [0, 0.1) is 0 Å². The Kier molecular flexibility index (Phi) is 5.13. The fourth-order valence-electron chi connectivity index (χ4n) is 2.47. The summed E-state index contributed by atoms with van der Waals surface area (Å²) < 4.78 is 6.83. The SMILES string of the molecule is Brc1ccc(-c2ccc(C=NN=C3N=C(c4ccccc4)CS3)o2)cc1. The van der Waals surface area contributed by atoms with Crippen molar-refractivity contribution in [3.63, 3.8) is 0 Å². The number of halogens is 1. The molecule has 0 N–H and O–H groups in total. The molecular weight excluding hydrogens is 410 g/mol. The second-order valence-electron chi connectivity index (χ2n) is 5.55. The minimum Gasteiger partial charge on any atom is -0.455 e. The molecule has 2 aromatic carbocycles. The van der Waals surface area contributed by atoms with Crippen LogP contribution in [0.2, 0.25) is 0 Å². The second-order valence-corrected chi connectivity index (χ2v) is 7.41. The first kappa shape index (κ1) is 17.0. The van der Waals surface area contributed by atoms with E-state index in [4.69, 9.17) is 4.42 Å². The maximum atomic E-state index is 5.79. The van der Waals surface area contributed by atoms with Gasteiger partial charge in [0.15, 0.2) is 0 Å². The van der Waals surface area contributed by atoms with Crippen molar-refractivity contribution in [3.8, 4) is 11.3 Å². The molecule has 0 saturated heterocycles. The molecule has 128 valence electrons. The lowest BCUT2D eigenvalue weighted by Gasteiger charge is -1.96. The summed E-state index contributed by atoms with van der Waals surface area (Å²) in [7, 11) is 0. The third-order valence-electron chi connectivity index (χ3n) is 3.76. The number of hydrogen-bond acceptors (Lipinski definition) is 4. The Hall–Kier alpha value is -2.44. The lowest BCUT2D eigenvalue weighted by Crippen LogP contribution is -1.98. The van der Waals surface area contributed by atoms with Gasteiger partial charge in [-0.1, -0.05) is 70.2 Å². The zero-order valence-corrected chi connectivity index (χ0v) is 16.1. The number of thioether (sulfide) groups is 1. The third-order valence-corrected chi connectivity index (χ3v) is 5.14. The molecule has 0 bridgehead atoms. The van der Waals surface area contributed by atoms with Gasteiger partial charge in [0.2, 0.25) is 5.17 Å². The molecule has 0 atom stereocenters. The van der Waals surface area contributed by atoms with Crippen molar-refractivity contribution >= 4 is 44.8 Å². The number of nitrogens with zero attached hydrogens (tertiary/aromatic N) is 3. The summed E-state index contributed by atoms with van der Waals surface area (Å²) in [5.41, 5.74) is 3.17. The highest BCUT2D eigenvalue weighted by atomic mass is 79.9. The number of rotatable bonds is 4. The lowest BCUT2D eigenvalue weighted by atomic mass is 10.1. The fourth-order valence-corrected chi connectivity index (χ4v) is 3.51. The first-order valence-electron chi connectivity index (χ1n) is 8.00. The van der Waals surface area contributed by atoms with Crippen molar-refractivity contribution in [1.82, 2.24) is 0 Å². The Bertz CT molecular complexity index is 991. The smallest absolute Gasteiger partial charge is 0.209 e. The van der Waals surface area contributed by atoms with Gasteiger partial charge in [-0.2, -0.15) is 5.10 Å². The quantitative estimate of drug-likeness (QED) is 0.402. The Morgan fingerprint density at radius 2 is 1.77 bits per heavy atom.